The average molecular weight is 287 g/mol. The first-order valence-corrected chi connectivity index (χ1v) is 6.84. The molecule has 0 saturated carbocycles. The van der Waals surface area contributed by atoms with E-state index in [9.17, 15) is 0 Å². The van der Waals surface area contributed by atoms with Gasteiger partial charge in [0.15, 0.2) is 5.65 Å². The van der Waals surface area contributed by atoms with Crippen LogP contribution in [-0.2, 0) is 13.1 Å². The van der Waals surface area contributed by atoms with Gasteiger partial charge in [-0.25, -0.2) is 9.50 Å². The van der Waals surface area contributed by atoms with E-state index in [1.165, 1.54) is 5.56 Å². The number of halogens is 1. The quantitative estimate of drug-likeness (QED) is 0.802. The summed E-state index contributed by atoms with van der Waals surface area (Å²) in [6.07, 6.45) is 3.88. The summed E-state index contributed by atoms with van der Waals surface area (Å²) < 4.78 is 1.81. The van der Waals surface area contributed by atoms with E-state index in [4.69, 9.17) is 11.6 Å². The fourth-order valence-corrected chi connectivity index (χ4v) is 2.34. The molecule has 0 radical (unpaired) electrons. The molecule has 0 unspecified atom stereocenters. The molecule has 1 aromatic carbocycles. The lowest BCUT2D eigenvalue weighted by atomic mass is 10.2. The van der Waals surface area contributed by atoms with Crippen LogP contribution in [0.15, 0.2) is 42.7 Å². The molecule has 102 valence electrons. The molecule has 3 rings (SSSR count). The zero-order chi connectivity index (χ0) is 13.9. The second kappa shape index (κ2) is 5.61. The highest BCUT2D eigenvalue weighted by atomic mass is 35.5. The number of hydrogen-bond acceptors (Lipinski definition) is 3. The Balaban J connectivity index is 1.64. The van der Waals surface area contributed by atoms with Gasteiger partial charge in [-0.05, 0) is 24.6 Å². The first-order chi connectivity index (χ1) is 9.70. The van der Waals surface area contributed by atoms with Crippen molar-refractivity contribution in [2.75, 3.05) is 0 Å². The normalized spacial score (nSPS) is 11.1. The molecule has 20 heavy (non-hydrogen) atoms. The molecular weight excluding hydrogens is 272 g/mol. The summed E-state index contributed by atoms with van der Waals surface area (Å²) in [5, 5.41) is 8.50. The van der Waals surface area contributed by atoms with Crippen LogP contribution in [0.3, 0.4) is 0 Å². The van der Waals surface area contributed by atoms with Crippen molar-refractivity contribution < 1.29 is 0 Å². The Morgan fingerprint density at radius 3 is 2.90 bits per heavy atom. The maximum absolute atomic E-state index is 5.96. The van der Waals surface area contributed by atoms with Gasteiger partial charge in [-0.1, -0.05) is 23.7 Å². The van der Waals surface area contributed by atoms with Gasteiger partial charge in [0.1, 0.15) is 0 Å². The third-order valence-electron chi connectivity index (χ3n) is 3.04. The second-order valence-corrected chi connectivity index (χ2v) is 5.22. The van der Waals surface area contributed by atoms with E-state index in [1.54, 1.807) is 0 Å². The molecule has 0 fully saturated rings. The van der Waals surface area contributed by atoms with Crippen molar-refractivity contribution in [2.24, 2.45) is 0 Å². The number of benzene rings is 1. The Morgan fingerprint density at radius 1 is 1.20 bits per heavy atom. The van der Waals surface area contributed by atoms with Gasteiger partial charge in [-0.3, -0.25) is 0 Å². The standard InChI is InChI=1S/C15H15ClN4/c1-11-5-15-18-9-13(10-20(15)19-11)8-17-7-12-3-2-4-14(16)6-12/h2-6,9-10,17H,7-8H2,1H3. The lowest BCUT2D eigenvalue weighted by Gasteiger charge is -2.05. The number of nitrogens with one attached hydrogen (secondary N) is 1. The van der Waals surface area contributed by atoms with Gasteiger partial charge in [0.05, 0.1) is 5.69 Å². The van der Waals surface area contributed by atoms with Gasteiger partial charge >= 0.3 is 0 Å². The molecule has 2 aromatic heterocycles. The van der Waals surface area contributed by atoms with Crippen LogP contribution in [0.5, 0.6) is 0 Å². The minimum Gasteiger partial charge on any atom is -0.309 e. The van der Waals surface area contributed by atoms with Crippen LogP contribution in [0.4, 0.5) is 0 Å². The molecule has 5 heteroatoms. The minimum absolute atomic E-state index is 0.744. The van der Waals surface area contributed by atoms with Crippen molar-refractivity contribution in [1.82, 2.24) is 19.9 Å². The van der Waals surface area contributed by atoms with Crippen LogP contribution >= 0.6 is 11.6 Å². The number of aryl methyl sites for hydroxylation is 1. The molecular formula is C15H15ClN4. The number of aromatic nitrogens is 3. The van der Waals surface area contributed by atoms with E-state index < -0.39 is 0 Å². The van der Waals surface area contributed by atoms with Gasteiger partial charge < -0.3 is 5.32 Å². The van der Waals surface area contributed by atoms with E-state index in [1.807, 2.05) is 48.1 Å². The van der Waals surface area contributed by atoms with Crippen LogP contribution in [0, 0.1) is 6.92 Å². The molecule has 2 heterocycles. The Kier molecular flexibility index (Phi) is 3.67. The van der Waals surface area contributed by atoms with Crippen molar-refractivity contribution in [2.45, 2.75) is 20.0 Å². The predicted molar refractivity (Wildman–Crippen MR) is 79.7 cm³/mol. The van der Waals surface area contributed by atoms with Crippen LogP contribution in [0.2, 0.25) is 5.02 Å². The fraction of sp³-hybridized carbons (Fsp3) is 0.200. The van der Waals surface area contributed by atoms with Crippen LogP contribution in [0.1, 0.15) is 16.8 Å². The van der Waals surface area contributed by atoms with Crippen LogP contribution in [-0.4, -0.2) is 14.6 Å². The largest absolute Gasteiger partial charge is 0.309 e. The van der Waals surface area contributed by atoms with E-state index in [0.717, 1.165) is 35.0 Å². The van der Waals surface area contributed by atoms with E-state index in [0.29, 0.717) is 0 Å². The molecule has 0 aliphatic rings. The summed E-state index contributed by atoms with van der Waals surface area (Å²) >= 11 is 5.96. The Bertz CT molecular complexity index is 736. The molecule has 0 spiro atoms. The van der Waals surface area contributed by atoms with Gasteiger partial charge in [-0.2, -0.15) is 5.10 Å². The summed E-state index contributed by atoms with van der Waals surface area (Å²) in [5.41, 5.74) is 4.12. The number of nitrogens with zero attached hydrogens (tertiary/aromatic N) is 3. The molecule has 0 bridgehead atoms. The zero-order valence-electron chi connectivity index (χ0n) is 11.2. The summed E-state index contributed by atoms with van der Waals surface area (Å²) in [7, 11) is 0. The van der Waals surface area contributed by atoms with Crippen molar-refractivity contribution >= 4 is 17.2 Å². The average Bonchev–Trinajstić information content (AvgIpc) is 2.78. The highest BCUT2D eigenvalue weighted by molar-refractivity contribution is 6.30. The monoisotopic (exact) mass is 286 g/mol. The third-order valence-corrected chi connectivity index (χ3v) is 3.27. The molecule has 0 aliphatic carbocycles. The first-order valence-electron chi connectivity index (χ1n) is 6.47. The number of fused-ring (bicyclic) bond motifs is 1. The maximum Gasteiger partial charge on any atom is 0.155 e. The lowest BCUT2D eigenvalue weighted by molar-refractivity contribution is 0.685. The fourth-order valence-electron chi connectivity index (χ4n) is 2.12. The van der Waals surface area contributed by atoms with Crippen LogP contribution in [0.25, 0.3) is 5.65 Å². The summed E-state index contributed by atoms with van der Waals surface area (Å²) in [4.78, 5) is 4.38. The molecule has 0 aliphatic heterocycles. The summed E-state index contributed by atoms with van der Waals surface area (Å²) in [5.74, 6) is 0. The third kappa shape index (κ3) is 2.98. The van der Waals surface area contributed by atoms with Gasteiger partial charge in [0, 0.05) is 42.1 Å². The van der Waals surface area contributed by atoms with E-state index >= 15 is 0 Å². The number of rotatable bonds is 4. The highest BCUT2D eigenvalue weighted by Crippen LogP contribution is 2.10. The van der Waals surface area contributed by atoms with Crippen molar-refractivity contribution in [1.29, 1.82) is 0 Å². The molecule has 0 amide bonds. The van der Waals surface area contributed by atoms with Crippen molar-refractivity contribution in [3.8, 4) is 0 Å². The van der Waals surface area contributed by atoms with Gasteiger partial charge in [-0.15, -0.1) is 0 Å². The lowest BCUT2D eigenvalue weighted by Crippen LogP contribution is -2.13. The van der Waals surface area contributed by atoms with E-state index in [2.05, 4.69) is 21.5 Å². The molecule has 0 atom stereocenters. The number of hydrogen-bond donors (Lipinski definition) is 1. The summed E-state index contributed by atoms with van der Waals surface area (Å²) in [6, 6.07) is 9.82. The molecule has 4 nitrogen and oxygen atoms in total. The second-order valence-electron chi connectivity index (χ2n) is 4.78. The smallest absolute Gasteiger partial charge is 0.155 e. The first kappa shape index (κ1) is 13.1. The predicted octanol–water partition coefficient (Wildman–Crippen LogP) is 2.98. The molecule has 1 N–H and O–H groups in total. The van der Waals surface area contributed by atoms with Crippen LogP contribution < -0.4 is 5.32 Å². The SMILES string of the molecule is Cc1cc2ncc(CNCc3cccc(Cl)c3)cn2n1. The van der Waals surface area contributed by atoms with Crippen molar-refractivity contribution in [3.63, 3.8) is 0 Å². The van der Waals surface area contributed by atoms with Crippen molar-refractivity contribution in [3.05, 3.63) is 64.6 Å². The topological polar surface area (TPSA) is 42.2 Å². The van der Waals surface area contributed by atoms with Gasteiger partial charge in [0.2, 0.25) is 0 Å². The Labute approximate surface area is 122 Å². The Morgan fingerprint density at radius 2 is 2.05 bits per heavy atom. The van der Waals surface area contributed by atoms with Gasteiger partial charge in [0.25, 0.3) is 0 Å². The highest BCUT2D eigenvalue weighted by Gasteiger charge is 2.01. The van der Waals surface area contributed by atoms with E-state index in [-0.39, 0.29) is 0 Å². The Hall–Kier alpha value is -1.91. The molecule has 3 aromatic rings. The summed E-state index contributed by atoms with van der Waals surface area (Å²) in [6.45, 7) is 3.48. The minimum atomic E-state index is 0.744. The molecule has 0 saturated heterocycles. The maximum atomic E-state index is 5.96. The zero-order valence-corrected chi connectivity index (χ0v) is 11.9.